The van der Waals surface area contributed by atoms with Crippen LogP contribution < -0.4 is 5.32 Å². The normalized spacial score (nSPS) is 11.0. The molecule has 3 N–H and O–H groups in total. The molecule has 0 aliphatic rings. The van der Waals surface area contributed by atoms with Crippen LogP contribution >= 0.6 is 11.6 Å². The summed E-state index contributed by atoms with van der Waals surface area (Å²) in [5.41, 5.74) is 5.57. The van der Waals surface area contributed by atoms with Crippen molar-refractivity contribution >= 4 is 40.1 Å². The molecule has 3 aromatic carbocycles. The molecule has 0 fully saturated rings. The van der Waals surface area contributed by atoms with Crippen LogP contribution in [0.25, 0.3) is 22.0 Å². The van der Waals surface area contributed by atoms with Crippen LogP contribution in [0.5, 0.6) is 0 Å². The highest BCUT2D eigenvalue weighted by Crippen LogP contribution is 2.35. The lowest BCUT2D eigenvalue weighted by molar-refractivity contribution is -0.136. The average molecular weight is 476 g/mol. The van der Waals surface area contributed by atoms with Crippen molar-refractivity contribution in [1.82, 2.24) is 10.2 Å². The van der Waals surface area contributed by atoms with Crippen molar-refractivity contribution in [2.75, 3.05) is 5.32 Å². The maximum Gasteiger partial charge on any atom is 0.303 e. The molecular weight excluding hydrogens is 450 g/mol. The number of H-pyrrole nitrogens is 1. The SMILES string of the molecule is CCCCc1ccc(C(=O)Nc2cc(Cl)c(CCC(=O)O)cc2-c2ccc3[nH]ncc3c2)cc1. The molecular formula is C27H26ClN3O3. The lowest BCUT2D eigenvalue weighted by atomic mass is 9.97. The zero-order chi connectivity index (χ0) is 24.1. The number of anilines is 1. The van der Waals surface area contributed by atoms with E-state index in [1.807, 2.05) is 48.5 Å². The molecule has 1 amide bonds. The number of aliphatic carboxylic acids is 1. The number of rotatable bonds is 9. The van der Waals surface area contributed by atoms with Gasteiger partial charge in [-0.15, -0.1) is 0 Å². The molecule has 0 spiro atoms. The number of benzene rings is 3. The molecule has 7 heteroatoms. The van der Waals surface area contributed by atoms with Crippen molar-refractivity contribution in [3.8, 4) is 11.1 Å². The number of carbonyl (C=O) groups excluding carboxylic acids is 1. The smallest absolute Gasteiger partial charge is 0.303 e. The number of aromatic nitrogens is 2. The number of carbonyl (C=O) groups is 2. The van der Waals surface area contributed by atoms with Crippen LogP contribution in [-0.2, 0) is 17.6 Å². The topological polar surface area (TPSA) is 95.1 Å². The molecule has 1 heterocycles. The van der Waals surface area contributed by atoms with Crippen LogP contribution in [0.4, 0.5) is 5.69 Å². The number of hydrogen-bond acceptors (Lipinski definition) is 3. The Bertz CT molecular complexity index is 1330. The summed E-state index contributed by atoms with van der Waals surface area (Å²) in [7, 11) is 0. The monoisotopic (exact) mass is 475 g/mol. The number of carboxylic acid groups (broad SMARTS) is 1. The molecule has 6 nitrogen and oxygen atoms in total. The molecule has 1 aromatic heterocycles. The van der Waals surface area contributed by atoms with Gasteiger partial charge in [0.25, 0.3) is 5.91 Å². The number of unbranched alkanes of at least 4 members (excludes halogenated alkanes) is 1. The predicted molar refractivity (Wildman–Crippen MR) is 136 cm³/mol. The molecule has 0 unspecified atom stereocenters. The zero-order valence-corrected chi connectivity index (χ0v) is 19.7. The largest absolute Gasteiger partial charge is 0.481 e. The third kappa shape index (κ3) is 5.46. The highest BCUT2D eigenvalue weighted by atomic mass is 35.5. The first-order chi connectivity index (χ1) is 16.4. The van der Waals surface area contributed by atoms with Gasteiger partial charge in [0.15, 0.2) is 0 Å². The van der Waals surface area contributed by atoms with Gasteiger partial charge in [0, 0.05) is 28.0 Å². The Labute approximate surface area is 203 Å². The molecule has 0 bridgehead atoms. The highest BCUT2D eigenvalue weighted by Gasteiger charge is 2.16. The molecule has 0 radical (unpaired) electrons. The summed E-state index contributed by atoms with van der Waals surface area (Å²) in [4.78, 5) is 24.2. The maximum atomic E-state index is 13.1. The van der Waals surface area contributed by atoms with Crippen molar-refractivity contribution in [2.24, 2.45) is 0 Å². The Balaban J connectivity index is 1.68. The average Bonchev–Trinajstić information content (AvgIpc) is 3.30. The van der Waals surface area contributed by atoms with Crippen LogP contribution in [-0.4, -0.2) is 27.2 Å². The van der Waals surface area contributed by atoms with Gasteiger partial charge in [-0.1, -0.05) is 43.1 Å². The Hall–Kier alpha value is -3.64. The van der Waals surface area contributed by atoms with Gasteiger partial charge in [0.05, 0.1) is 17.4 Å². The van der Waals surface area contributed by atoms with Gasteiger partial charge in [-0.3, -0.25) is 14.7 Å². The Kier molecular flexibility index (Phi) is 7.28. The van der Waals surface area contributed by atoms with Gasteiger partial charge >= 0.3 is 5.97 Å². The minimum Gasteiger partial charge on any atom is -0.481 e. The second kappa shape index (κ2) is 10.5. The molecule has 0 atom stereocenters. The lowest BCUT2D eigenvalue weighted by Gasteiger charge is -2.15. The first-order valence-electron chi connectivity index (χ1n) is 11.3. The molecule has 4 aromatic rings. The van der Waals surface area contributed by atoms with Gasteiger partial charge in [-0.2, -0.15) is 5.10 Å². The van der Waals surface area contributed by atoms with Gasteiger partial charge in [-0.25, -0.2) is 0 Å². The van der Waals surface area contributed by atoms with E-state index in [1.54, 1.807) is 12.3 Å². The number of aryl methyl sites for hydroxylation is 2. The number of hydrogen-bond donors (Lipinski definition) is 3. The van der Waals surface area contributed by atoms with E-state index in [-0.39, 0.29) is 12.3 Å². The standard InChI is InChI=1S/C27H26ClN3O3/c1-2-3-4-17-5-7-18(8-6-17)27(34)30-25-15-23(28)20(10-12-26(32)33)14-22(25)19-9-11-24-21(13-19)16-29-31-24/h5-9,11,13-16H,2-4,10,12H2,1H3,(H,29,31)(H,30,34)(H,32,33). The second-order valence-corrected chi connectivity index (χ2v) is 8.72. The van der Waals surface area contributed by atoms with Gasteiger partial charge in [0.1, 0.15) is 0 Å². The second-order valence-electron chi connectivity index (χ2n) is 8.31. The summed E-state index contributed by atoms with van der Waals surface area (Å²) in [6.45, 7) is 2.15. The van der Waals surface area contributed by atoms with E-state index >= 15 is 0 Å². The van der Waals surface area contributed by atoms with Crippen molar-refractivity contribution in [1.29, 1.82) is 0 Å². The van der Waals surface area contributed by atoms with E-state index in [9.17, 15) is 9.59 Å². The van der Waals surface area contributed by atoms with Crippen molar-refractivity contribution in [2.45, 2.75) is 39.0 Å². The molecule has 34 heavy (non-hydrogen) atoms. The van der Waals surface area contributed by atoms with E-state index in [4.69, 9.17) is 16.7 Å². The Morgan fingerprint density at radius 2 is 1.85 bits per heavy atom. The van der Waals surface area contributed by atoms with Crippen LogP contribution in [0.2, 0.25) is 5.02 Å². The molecule has 174 valence electrons. The van der Waals surface area contributed by atoms with Gasteiger partial charge in [0.2, 0.25) is 0 Å². The van der Waals surface area contributed by atoms with E-state index in [0.29, 0.717) is 28.3 Å². The minimum absolute atomic E-state index is 0.0317. The van der Waals surface area contributed by atoms with E-state index in [2.05, 4.69) is 22.4 Å². The fourth-order valence-electron chi connectivity index (χ4n) is 3.90. The fraction of sp³-hybridized carbons (Fsp3) is 0.222. The Morgan fingerprint density at radius 3 is 2.59 bits per heavy atom. The number of fused-ring (bicyclic) bond motifs is 1. The number of nitrogens with one attached hydrogen (secondary N) is 2. The van der Waals surface area contributed by atoms with Crippen molar-refractivity contribution < 1.29 is 14.7 Å². The summed E-state index contributed by atoms with van der Waals surface area (Å²) in [6.07, 6.45) is 5.23. The van der Waals surface area contributed by atoms with Gasteiger partial charge in [-0.05, 0) is 72.4 Å². The third-order valence-electron chi connectivity index (χ3n) is 5.83. The van der Waals surface area contributed by atoms with Crippen molar-refractivity contribution in [3.05, 3.63) is 82.5 Å². The fourth-order valence-corrected chi connectivity index (χ4v) is 4.16. The van der Waals surface area contributed by atoms with E-state index in [1.165, 1.54) is 5.56 Å². The van der Waals surface area contributed by atoms with Crippen LogP contribution in [0.1, 0.15) is 47.7 Å². The first-order valence-corrected chi connectivity index (χ1v) is 11.7. The molecule has 0 saturated heterocycles. The number of amides is 1. The molecule has 0 aliphatic heterocycles. The summed E-state index contributed by atoms with van der Waals surface area (Å²) in [5, 5.41) is 20.5. The maximum absolute atomic E-state index is 13.1. The van der Waals surface area contributed by atoms with Crippen LogP contribution in [0.3, 0.4) is 0 Å². The summed E-state index contributed by atoms with van der Waals surface area (Å²) >= 11 is 6.49. The number of carboxylic acids is 1. The van der Waals surface area contributed by atoms with Crippen LogP contribution in [0.15, 0.2) is 60.8 Å². The molecule has 4 rings (SSSR count). The zero-order valence-electron chi connectivity index (χ0n) is 18.9. The minimum atomic E-state index is -0.891. The van der Waals surface area contributed by atoms with Crippen molar-refractivity contribution in [3.63, 3.8) is 0 Å². The Morgan fingerprint density at radius 1 is 1.06 bits per heavy atom. The summed E-state index contributed by atoms with van der Waals surface area (Å²) < 4.78 is 0. The van der Waals surface area contributed by atoms with E-state index < -0.39 is 5.97 Å². The van der Waals surface area contributed by atoms with Gasteiger partial charge < -0.3 is 10.4 Å². The lowest BCUT2D eigenvalue weighted by Crippen LogP contribution is -2.13. The van der Waals surface area contributed by atoms with Crippen LogP contribution in [0, 0.1) is 0 Å². The number of halogens is 1. The highest BCUT2D eigenvalue weighted by molar-refractivity contribution is 6.32. The molecule has 0 aliphatic carbocycles. The number of aromatic amines is 1. The first kappa shape index (κ1) is 23.5. The summed E-state index contributed by atoms with van der Waals surface area (Å²) in [5.74, 6) is -1.13. The summed E-state index contributed by atoms with van der Waals surface area (Å²) in [6, 6.07) is 17.0. The number of nitrogens with zero attached hydrogens (tertiary/aromatic N) is 1. The third-order valence-corrected chi connectivity index (χ3v) is 6.18. The quantitative estimate of drug-likeness (QED) is 0.257. The van der Waals surface area contributed by atoms with E-state index in [0.717, 1.165) is 41.3 Å². The molecule has 0 saturated carbocycles. The predicted octanol–water partition coefficient (Wildman–Crippen LogP) is 6.50.